The standard InChI is InChI=1S/C13H13N3O2S/c17-10-4-2-1-3-9-11(10)8(7-15-9)12(18)16-13-14-5-6-19-13/h5-7,15H,1-4H2,(H,14,16,18). The van der Waals surface area contributed by atoms with Gasteiger partial charge in [0.2, 0.25) is 0 Å². The zero-order chi connectivity index (χ0) is 13.2. The highest BCUT2D eigenvalue weighted by atomic mass is 32.1. The predicted molar refractivity (Wildman–Crippen MR) is 72.7 cm³/mol. The van der Waals surface area contributed by atoms with Gasteiger partial charge in [-0.3, -0.25) is 14.9 Å². The molecular formula is C13H13N3O2S. The average molecular weight is 275 g/mol. The number of ketones is 1. The molecule has 2 aromatic rings. The lowest BCUT2D eigenvalue weighted by Crippen LogP contribution is -2.15. The molecule has 0 atom stereocenters. The molecule has 0 aliphatic heterocycles. The number of aromatic amines is 1. The maximum Gasteiger partial charge on any atom is 0.259 e. The van der Waals surface area contributed by atoms with Crippen LogP contribution in [0.1, 0.15) is 45.7 Å². The fraction of sp³-hybridized carbons (Fsp3) is 0.308. The number of hydrogen-bond acceptors (Lipinski definition) is 4. The number of aromatic nitrogens is 2. The van der Waals surface area contributed by atoms with Gasteiger partial charge in [0.15, 0.2) is 10.9 Å². The van der Waals surface area contributed by atoms with E-state index in [1.807, 2.05) is 0 Å². The molecular weight excluding hydrogens is 262 g/mol. The normalized spacial score (nSPS) is 14.8. The van der Waals surface area contributed by atoms with Crippen molar-refractivity contribution >= 4 is 28.2 Å². The molecule has 1 amide bonds. The van der Waals surface area contributed by atoms with E-state index in [0.29, 0.717) is 22.7 Å². The van der Waals surface area contributed by atoms with Crippen molar-refractivity contribution < 1.29 is 9.59 Å². The lowest BCUT2D eigenvalue weighted by molar-refractivity contribution is 0.0965. The molecule has 0 fully saturated rings. The van der Waals surface area contributed by atoms with Crippen LogP contribution in [0.25, 0.3) is 0 Å². The molecule has 0 unspecified atom stereocenters. The van der Waals surface area contributed by atoms with Crippen LogP contribution in [-0.4, -0.2) is 21.7 Å². The van der Waals surface area contributed by atoms with Gasteiger partial charge in [0.1, 0.15) is 0 Å². The van der Waals surface area contributed by atoms with Gasteiger partial charge >= 0.3 is 0 Å². The fourth-order valence-corrected chi connectivity index (χ4v) is 2.85. The highest BCUT2D eigenvalue weighted by Gasteiger charge is 2.24. The molecule has 98 valence electrons. The fourth-order valence-electron chi connectivity index (χ4n) is 2.32. The molecule has 1 aliphatic carbocycles. The molecule has 2 aromatic heterocycles. The van der Waals surface area contributed by atoms with E-state index in [1.165, 1.54) is 11.3 Å². The number of amides is 1. The summed E-state index contributed by atoms with van der Waals surface area (Å²) in [4.78, 5) is 31.3. The van der Waals surface area contributed by atoms with E-state index in [0.717, 1.165) is 25.0 Å². The van der Waals surface area contributed by atoms with Crippen molar-refractivity contribution in [2.24, 2.45) is 0 Å². The van der Waals surface area contributed by atoms with E-state index in [1.54, 1.807) is 17.8 Å². The minimum absolute atomic E-state index is 0.0537. The molecule has 0 spiro atoms. The minimum Gasteiger partial charge on any atom is -0.364 e. The van der Waals surface area contributed by atoms with Crippen LogP contribution in [0, 0.1) is 0 Å². The van der Waals surface area contributed by atoms with Gasteiger partial charge in [-0.25, -0.2) is 4.98 Å². The summed E-state index contributed by atoms with van der Waals surface area (Å²) in [5.74, 6) is -0.222. The van der Waals surface area contributed by atoms with Gasteiger partial charge in [-0.1, -0.05) is 0 Å². The summed E-state index contributed by atoms with van der Waals surface area (Å²) in [5.41, 5.74) is 1.87. The molecule has 0 radical (unpaired) electrons. The van der Waals surface area contributed by atoms with Crippen LogP contribution in [0.15, 0.2) is 17.8 Å². The third-order valence-electron chi connectivity index (χ3n) is 3.22. The molecule has 0 aromatic carbocycles. The number of fused-ring (bicyclic) bond motifs is 1. The number of aryl methyl sites for hydroxylation is 1. The van der Waals surface area contributed by atoms with Gasteiger partial charge in [-0.2, -0.15) is 0 Å². The Morgan fingerprint density at radius 1 is 1.37 bits per heavy atom. The second-order valence-corrected chi connectivity index (χ2v) is 5.37. The maximum atomic E-state index is 12.2. The summed E-state index contributed by atoms with van der Waals surface area (Å²) in [5, 5.41) is 5.04. The zero-order valence-corrected chi connectivity index (χ0v) is 11.0. The third-order valence-corrected chi connectivity index (χ3v) is 3.91. The Labute approximate surface area is 114 Å². The molecule has 5 nitrogen and oxygen atoms in total. The highest BCUT2D eigenvalue weighted by Crippen LogP contribution is 2.24. The second-order valence-electron chi connectivity index (χ2n) is 4.48. The van der Waals surface area contributed by atoms with Crippen LogP contribution in [0.3, 0.4) is 0 Å². The molecule has 0 bridgehead atoms. The Balaban J connectivity index is 1.91. The topological polar surface area (TPSA) is 74.8 Å². The molecule has 0 saturated carbocycles. The minimum atomic E-state index is -0.275. The summed E-state index contributed by atoms with van der Waals surface area (Å²) in [6, 6.07) is 0. The number of rotatable bonds is 2. The van der Waals surface area contributed by atoms with Gasteiger partial charge in [0.05, 0.1) is 11.1 Å². The van der Waals surface area contributed by atoms with Crippen molar-refractivity contribution in [1.82, 2.24) is 9.97 Å². The third kappa shape index (κ3) is 2.31. The Morgan fingerprint density at radius 3 is 3.00 bits per heavy atom. The largest absolute Gasteiger partial charge is 0.364 e. The zero-order valence-electron chi connectivity index (χ0n) is 10.2. The maximum absolute atomic E-state index is 12.2. The SMILES string of the molecule is O=C(Nc1nccs1)c1c[nH]c2c1C(=O)CCCC2. The van der Waals surface area contributed by atoms with Crippen molar-refractivity contribution in [3.05, 3.63) is 34.6 Å². The number of carbonyl (C=O) groups excluding carboxylic acids is 2. The lowest BCUT2D eigenvalue weighted by atomic mass is 10.0. The van der Waals surface area contributed by atoms with Crippen molar-refractivity contribution in [1.29, 1.82) is 0 Å². The van der Waals surface area contributed by atoms with Crippen LogP contribution in [0.5, 0.6) is 0 Å². The summed E-state index contributed by atoms with van der Waals surface area (Å²) in [6.45, 7) is 0. The number of nitrogens with zero attached hydrogens (tertiary/aromatic N) is 1. The van der Waals surface area contributed by atoms with E-state index in [2.05, 4.69) is 15.3 Å². The number of thiazole rings is 1. The molecule has 0 saturated heterocycles. The summed E-state index contributed by atoms with van der Waals surface area (Å²) < 4.78 is 0. The van der Waals surface area contributed by atoms with Gasteiger partial charge < -0.3 is 4.98 Å². The molecule has 3 rings (SSSR count). The molecule has 19 heavy (non-hydrogen) atoms. The molecule has 2 N–H and O–H groups in total. The quantitative estimate of drug-likeness (QED) is 0.827. The first-order valence-corrected chi connectivity index (χ1v) is 7.08. The number of carbonyl (C=O) groups is 2. The number of hydrogen-bond donors (Lipinski definition) is 2. The number of H-pyrrole nitrogens is 1. The van der Waals surface area contributed by atoms with Gasteiger partial charge in [-0.05, 0) is 19.3 Å². The lowest BCUT2D eigenvalue weighted by Gasteiger charge is -2.03. The first kappa shape index (κ1) is 12.1. The van der Waals surface area contributed by atoms with Gasteiger partial charge in [0, 0.05) is 29.9 Å². The van der Waals surface area contributed by atoms with Crippen LogP contribution in [0.4, 0.5) is 5.13 Å². The number of nitrogens with one attached hydrogen (secondary N) is 2. The van der Waals surface area contributed by atoms with Crippen molar-refractivity contribution in [3.63, 3.8) is 0 Å². The van der Waals surface area contributed by atoms with Crippen molar-refractivity contribution in [3.8, 4) is 0 Å². The van der Waals surface area contributed by atoms with Crippen LogP contribution in [-0.2, 0) is 6.42 Å². The van der Waals surface area contributed by atoms with E-state index in [9.17, 15) is 9.59 Å². The Kier molecular flexibility index (Phi) is 3.16. The first-order chi connectivity index (χ1) is 9.25. The summed E-state index contributed by atoms with van der Waals surface area (Å²) in [7, 11) is 0. The van der Waals surface area contributed by atoms with Gasteiger partial charge in [0.25, 0.3) is 5.91 Å². The highest BCUT2D eigenvalue weighted by molar-refractivity contribution is 7.13. The Morgan fingerprint density at radius 2 is 2.21 bits per heavy atom. The van der Waals surface area contributed by atoms with Gasteiger partial charge in [-0.15, -0.1) is 11.3 Å². The molecule has 6 heteroatoms. The second kappa shape index (κ2) is 4.97. The van der Waals surface area contributed by atoms with E-state index < -0.39 is 0 Å². The van der Waals surface area contributed by atoms with E-state index in [-0.39, 0.29) is 11.7 Å². The predicted octanol–water partition coefficient (Wildman–Crippen LogP) is 2.63. The van der Waals surface area contributed by atoms with Crippen LogP contribution in [0.2, 0.25) is 0 Å². The summed E-state index contributed by atoms with van der Waals surface area (Å²) >= 11 is 1.35. The van der Waals surface area contributed by atoms with Crippen molar-refractivity contribution in [2.75, 3.05) is 5.32 Å². The first-order valence-electron chi connectivity index (χ1n) is 6.20. The van der Waals surface area contributed by atoms with Crippen molar-refractivity contribution in [2.45, 2.75) is 25.7 Å². The molecule has 1 aliphatic rings. The monoisotopic (exact) mass is 275 g/mol. The average Bonchev–Trinajstić information content (AvgIpc) is 3.00. The Hall–Kier alpha value is -1.95. The number of anilines is 1. The van der Waals surface area contributed by atoms with E-state index in [4.69, 9.17) is 0 Å². The Bertz CT molecular complexity index is 616. The molecule has 2 heterocycles. The summed E-state index contributed by atoms with van der Waals surface area (Å²) in [6.07, 6.45) is 6.45. The van der Waals surface area contributed by atoms with Crippen LogP contribution >= 0.6 is 11.3 Å². The smallest absolute Gasteiger partial charge is 0.259 e. The van der Waals surface area contributed by atoms with E-state index >= 15 is 0 Å². The van der Waals surface area contributed by atoms with Crippen LogP contribution < -0.4 is 5.32 Å². The number of Topliss-reactive ketones (excluding diaryl/α,β-unsaturated/α-hetero) is 1.